The van der Waals surface area contributed by atoms with Crippen LogP contribution >= 0.6 is 11.6 Å². The predicted molar refractivity (Wildman–Crippen MR) is 113 cm³/mol. The molecule has 1 aliphatic heterocycles. The first-order valence-corrected chi connectivity index (χ1v) is 9.89. The van der Waals surface area contributed by atoms with E-state index in [9.17, 15) is 9.59 Å². The number of amides is 2. The molecule has 0 aliphatic carbocycles. The van der Waals surface area contributed by atoms with Gasteiger partial charge in [-0.1, -0.05) is 11.6 Å². The van der Waals surface area contributed by atoms with Crippen LogP contribution in [0, 0.1) is 5.92 Å². The standard InChI is InChI=1S/C22H22ClN3O3/c1-29-18-6-7-20-19(11-18)14(12-24-20)8-9-26-13-15(10-21(26)27)22(28)25-17-4-2-16(23)3-5-17/h2-7,11-12,15,24H,8-10,13H2,1H3,(H,25,28)/t15-/m1/s1. The smallest absolute Gasteiger partial charge is 0.229 e. The SMILES string of the molecule is COc1ccc2[nH]cc(CCN3C[C@H](C(=O)Nc4ccc(Cl)cc4)CC3=O)c2c1. The summed E-state index contributed by atoms with van der Waals surface area (Å²) in [4.78, 5) is 30.0. The van der Waals surface area contributed by atoms with Crippen LogP contribution in [0.15, 0.2) is 48.7 Å². The second-order valence-corrected chi connectivity index (χ2v) is 7.65. The van der Waals surface area contributed by atoms with Gasteiger partial charge in [0.2, 0.25) is 11.8 Å². The lowest BCUT2D eigenvalue weighted by molar-refractivity contribution is -0.128. The van der Waals surface area contributed by atoms with Crippen molar-refractivity contribution in [2.24, 2.45) is 5.92 Å². The zero-order chi connectivity index (χ0) is 20.4. The van der Waals surface area contributed by atoms with Crippen molar-refractivity contribution in [3.05, 3.63) is 59.2 Å². The lowest BCUT2D eigenvalue weighted by atomic mass is 10.1. The molecule has 150 valence electrons. The largest absolute Gasteiger partial charge is 0.497 e. The molecule has 0 unspecified atom stereocenters. The zero-order valence-corrected chi connectivity index (χ0v) is 16.8. The van der Waals surface area contributed by atoms with Gasteiger partial charge >= 0.3 is 0 Å². The summed E-state index contributed by atoms with van der Waals surface area (Å²) in [5.74, 6) is 0.328. The molecule has 2 amide bonds. The molecule has 2 N–H and O–H groups in total. The Morgan fingerprint density at radius 2 is 2.07 bits per heavy atom. The molecule has 1 atom stereocenters. The average Bonchev–Trinajstić information content (AvgIpc) is 3.30. The molecule has 2 aromatic carbocycles. The normalized spacial score (nSPS) is 16.4. The highest BCUT2D eigenvalue weighted by atomic mass is 35.5. The van der Waals surface area contributed by atoms with E-state index in [0.29, 0.717) is 30.2 Å². The van der Waals surface area contributed by atoms with Crippen LogP contribution in [-0.4, -0.2) is 41.9 Å². The first-order chi connectivity index (χ1) is 14.0. The van der Waals surface area contributed by atoms with Gasteiger partial charge in [0, 0.05) is 47.3 Å². The average molecular weight is 412 g/mol. The van der Waals surface area contributed by atoms with Crippen LogP contribution in [0.2, 0.25) is 5.02 Å². The van der Waals surface area contributed by atoms with Gasteiger partial charge in [-0.2, -0.15) is 0 Å². The molecule has 1 saturated heterocycles. The number of ether oxygens (including phenoxy) is 1. The van der Waals surface area contributed by atoms with Crippen LogP contribution < -0.4 is 10.1 Å². The Labute approximate surface area is 173 Å². The van der Waals surface area contributed by atoms with Crippen molar-refractivity contribution in [1.82, 2.24) is 9.88 Å². The Hall–Kier alpha value is -2.99. The highest BCUT2D eigenvalue weighted by molar-refractivity contribution is 6.30. The maximum Gasteiger partial charge on any atom is 0.229 e. The minimum Gasteiger partial charge on any atom is -0.497 e. The summed E-state index contributed by atoms with van der Waals surface area (Å²) in [6.07, 6.45) is 2.92. The number of aromatic nitrogens is 1. The van der Waals surface area contributed by atoms with E-state index in [-0.39, 0.29) is 24.2 Å². The van der Waals surface area contributed by atoms with Crippen LogP contribution in [0.25, 0.3) is 10.9 Å². The highest BCUT2D eigenvalue weighted by Crippen LogP contribution is 2.25. The van der Waals surface area contributed by atoms with Gasteiger partial charge in [0.1, 0.15) is 5.75 Å². The molecule has 0 bridgehead atoms. The number of nitrogens with zero attached hydrogens (tertiary/aromatic N) is 1. The maximum atomic E-state index is 12.5. The summed E-state index contributed by atoms with van der Waals surface area (Å²) in [6, 6.07) is 12.8. The van der Waals surface area contributed by atoms with E-state index < -0.39 is 0 Å². The van der Waals surface area contributed by atoms with Gasteiger partial charge in [-0.15, -0.1) is 0 Å². The number of rotatable bonds is 6. The van der Waals surface area contributed by atoms with Crippen LogP contribution in [0.3, 0.4) is 0 Å². The summed E-state index contributed by atoms with van der Waals surface area (Å²) < 4.78 is 5.31. The van der Waals surface area contributed by atoms with Gasteiger partial charge in [0.05, 0.1) is 13.0 Å². The Kier molecular flexibility index (Phi) is 5.45. The van der Waals surface area contributed by atoms with Gasteiger partial charge in [0.25, 0.3) is 0 Å². The van der Waals surface area contributed by atoms with E-state index in [2.05, 4.69) is 10.3 Å². The number of nitrogens with one attached hydrogen (secondary N) is 2. The van der Waals surface area contributed by atoms with E-state index in [0.717, 1.165) is 22.2 Å². The first kappa shape index (κ1) is 19.3. The Morgan fingerprint density at radius 1 is 1.28 bits per heavy atom. The van der Waals surface area contributed by atoms with Crippen molar-refractivity contribution < 1.29 is 14.3 Å². The summed E-state index contributed by atoms with van der Waals surface area (Å²) in [5, 5.41) is 4.57. The number of H-pyrrole nitrogens is 1. The van der Waals surface area contributed by atoms with E-state index in [4.69, 9.17) is 16.3 Å². The second kappa shape index (κ2) is 8.17. The fourth-order valence-electron chi connectivity index (χ4n) is 3.69. The number of methoxy groups -OCH3 is 1. The van der Waals surface area contributed by atoms with Gasteiger partial charge in [-0.05, 0) is 54.4 Å². The van der Waals surface area contributed by atoms with Crippen LogP contribution in [0.1, 0.15) is 12.0 Å². The van der Waals surface area contributed by atoms with Crippen molar-refractivity contribution in [2.45, 2.75) is 12.8 Å². The predicted octanol–water partition coefficient (Wildman–Crippen LogP) is 3.86. The number of carbonyl (C=O) groups excluding carboxylic acids is 2. The third kappa shape index (κ3) is 4.22. The van der Waals surface area contributed by atoms with Crippen LogP contribution in [0.4, 0.5) is 5.69 Å². The maximum absolute atomic E-state index is 12.5. The molecule has 1 fully saturated rings. The van der Waals surface area contributed by atoms with Crippen LogP contribution in [-0.2, 0) is 16.0 Å². The van der Waals surface area contributed by atoms with Crippen LogP contribution in [0.5, 0.6) is 5.75 Å². The molecule has 0 saturated carbocycles. The minimum atomic E-state index is -0.346. The molecular weight excluding hydrogens is 390 g/mol. The number of fused-ring (bicyclic) bond motifs is 1. The van der Waals surface area contributed by atoms with E-state index in [1.807, 2.05) is 24.4 Å². The number of hydrogen-bond acceptors (Lipinski definition) is 3. The third-order valence-electron chi connectivity index (χ3n) is 5.32. The number of benzene rings is 2. The fourth-order valence-corrected chi connectivity index (χ4v) is 3.81. The van der Waals surface area contributed by atoms with Gasteiger partial charge in [-0.3, -0.25) is 9.59 Å². The molecule has 3 aromatic rings. The van der Waals surface area contributed by atoms with E-state index in [1.54, 1.807) is 36.3 Å². The monoisotopic (exact) mass is 411 g/mol. The third-order valence-corrected chi connectivity index (χ3v) is 5.57. The second-order valence-electron chi connectivity index (χ2n) is 7.21. The fraction of sp³-hybridized carbons (Fsp3) is 0.273. The van der Waals surface area contributed by atoms with Gasteiger partial charge in [-0.25, -0.2) is 0 Å². The van der Waals surface area contributed by atoms with Crippen molar-refractivity contribution >= 4 is 40.0 Å². The quantitative estimate of drug-likeness (QED) is 0.646. The number of halogens is 1. The Balaban J connectivity index is 1.37. The molecule has 6 nitrogen and oxygen atoms in total. The van der Waals surface area contributed by atoms with Crippen molar-refractivity contribution in [3.8, 4) is 5.75 Å². The molecule has 29 heavy (non-hydrogen) atoms. The zero-order valence-electron chi connectivity index (χ0n) is 16.1. The minimum absolute atomic E-state index is 0.0127. The number of carbonyl (C=O) groups is 2. The lowest BCUT2D eigenvalue weighted by Gasteiger charge is -2.16. The molecule has 1 aromatic heterocycles. The molecule has 7 heteroatoms. The topological polar surface area (TPSA) is 74.4 Å². The van der Waals surface area contributed by atoms with Crippen molar-refractivity contribution in [1.29, 1.82) is 0 Å². The Morgan fingerprint density at radius 3 is 2.83 bits per heavy atom. The summed E-state index contributed by atoms with van der Waals surface area (Å²) in [5.41, 5.74) is 2.84. The van der Waals surface area contributed by atoms with Crippen molar-refractivity contribution in [3.63, 3.8) is 0 Å². The molecule has 0 spiro atoms. The first-order valence-electron chi connectivity index (χ1n) is 9.51. The van der Waals surface area contributed by atoms with E-state index >= 15 is 0 Å². The molecule has 1 aliphatic rings. The number of likely N-dealkylation sites (tertiary alicyclic amines) is 1. The van der Waals surface area contributed by atoms with Gasteiger partial charge < -0.3 is 19.9 Å². The molecule has 2 heterocycles. The summed E-state index contributed by atoms with van der Waals surface area (Å²) in [7, 11) is 1.64. The van der Waals surface area contributed by atoms with E-state index in [1.165, 1.54) is 0 Å². The molecule has 0 radical (unpaired) electrons. The summed E-state index contributed by atoms with van der Waals surface area (Å²) in [6.45, 7) is 1.01. The number of anilines is 1. The molecule has 4 rings (SSSR count). The number of hydrogen-bond donors (Lipinski definition) is 2. The highest BCUT2D eigenvalue weighted by Gasteiger charge is 2.34. The molecular formula is C22H22ClN3O3. The lowest BCUT2D eigenvalue weighted by Crippen LogP contribution is -2.30. The van der Waals surface area contributed by atoms with Gasteiger partial charge in [0.15, 0.2) is 0 Å². The summed E-state index contributed by atoms with van der Waals surface area (Å²) >= 11 is 5.87. The Bertz CT molecular complexity index is 1050. The van der Waals surface area contributed by atoms with Crippen molar-refractivity contribution in [2.75, 3.05) is 25.5 Å². The number of aromatic amines is 1.